The summed E-state index contributed by atoms with van der Waals surface area (Å²) in [7, 11) is 0. The van der Waals surface area contributed by atoms with E-state index in [-0.39, 0.29) is 17.6 Å². The van der Waals surface area contributed by atoms with E-state index in [2.05, 4.69) is 0 Å². The van der Waals surface area contributed by atoms with Crippen molar-refractivity contribution >= 4 is 35.1 Å². The minimum Gasteiger partial charge on any atom is -0.494 e. The Morgan fingerprint density at radius 1 is 1.17 bits per heavy atom. The van der Waals surface area contributed by atoms with Crippen LogP contribution in [0.4, 0.5) is 0 Å². The molecule has 36 heavy (non-hydrogen) atoms. The third kappa shape index (κ3) is 6.05. The van der Waals surface area contributed by atoms with Crippen LogP contribution < -0.4 is 4.74 Å². The molecule has 1 amide bonds. The summed E-state index contributed by atoms with van der Waals surface area (Å²) >= 11 is 11.8. The highest BCUT2D eigenvalue weighted by Crippen LogP contribution is 2.42. The molecule has 0 radical (unpaired) electrons. The lowest BCUT2D eigenvalue weighted by atomic mass is 9.73. The summed E-state index contributed by atoms with van der Waals surface area (Å²) in [5, 5.41) is 10.9. The number of carbonyl (C=O) groups excluding carboxylic acids is 1. The van der Waals surface area contributed by atoms with Crippen LogP contribution in [0.25, 0.3) is 0 Å². The Balaban J connectivity index is 1.69. The first-order valence-electron chi connectivity index (χ1n) is 12.3. The largest absolute Gasteiger partial charge is 0.494 e. The molecule has 2 heterocycles. The number of hydrogen-bond donors (Lipinski definition) is 1. The molecule has 6 nitrogen and oxygen atoms in total. The molecule has 2 aromatic carbocycles. The van der Waals surface area contributed by atoms with Gasteiger partial charge in [0.15, 0.2) is 0 Å². The van der Waals surface area contributed by atoms with Gasteiger partial charge in [0.1, 0.15) is 5.75 Å². The van der Waals surface area contributed by atoms with Gasteiger partial charge in [-0.3, -0.25) is 4.79 Å². The smallest absolute Gasteiger partial charge is 0.333 e. The van der Waals surface area contributed by atoms with Crippen molar-refractivity contribution in [2.75, 3.05) is 25.6 Å². The number of amides is 1. The number of benzene rings is 2. The third-order valence-corrected chi connectivity index (χ3v) is 7.41. The first-order chi connectivity index (χ1) is 17.4. The summed E-state index contributed by atoms with van der Waals surface area (Å²) < 4.78 is 11.5. The Bertz CT molecular complexity index is 1090. The quantitative estimate of drug-likeness (QED) is 0.315. The maximum absolute atomic E-state index is 14.0. The second-order valence-electron chi connectivity index (χ2n) is 9.26. The van der Waals surface area contributed by atoms with Crippen molar-refractivity contribution in [3.63, 3.8) is 0 Å². The molecule has 0 aromatic heterocycles. The SMILES string of the molecule is CC1=C(C(=O)O)[C@H](c2ccc(Cl)cc2)C(Cc2ccc(OCCCCl)cc2)C(=O)N1C[C@H]1CCCO1. The number of nitrogens with zero attached hydrogens (tertiary/aromatic N) is 1. The maximum atomic E-state index is 14.0. The van der Waals surface area contributed by atoms with E-state index in [4.69, 9.17) is 32.7 Å². The Morgan fingerprint density at radius 2 is 1.89 bits per heavy atom. The number of aliphatic carboxylic acids is 1. The van der Waals surface area contributed by atoms with Crippen molar-refractivity contribution < 1.29 is 24.2 Å². The lowest BCUT2D eigenvalue weighted by Gasteiger charge is -2.40. The van der Waals surface area contributed by atoms with E-state index in [1.807, 2.05) is 36.4 Å². The van der Waals surface area contributed by atoms with Crippen molar-refractivity contribution in [1.29, 1.82) is 0 Å². The summed E-state index contributed by atoms with van der Waals surface area (Å²) in [6.45, 7) is 3.28. The van der Waals surface area contributed by atoms with E-state index in [1.54, 1.807) is 24.0 Å². The zero-order valence-corrected chi connectivity index (χ0v) is 21.8. The van der Waals surface area contributed by atoms with Crippen LogP contribution in [0.5, 0.6) is 5.75 Å². The molecular weight excluding hydrogens is 501 g/mol. The molecule has 3 atom stereocenters. The summed E-state index contributed by atoms with van der Waals surface area (Å²) in [6, 6.07) is 14.7. The van der Waals surface area contributed by atoms with Gasteiger partial charge in [0.2, 0.25) is 5.91 Å². The Labute approximate surface area is 221 Å². The monoisotopic (exact) mass is 531 g/mol. The minimum absolute atomic E-state index is 0.0869. The topological polar surface area (TPSA) is 76.1 Å². The molecule has 1 saturated heterocycles. The molecule has 0 saturated carbocycles. The van der Waals surface area contributed by atoms with E-state index in [1.165, 1.54) is 0 Å². The van der Waals surface area contributed by atoms with Crippen LogP contribution in [0.2, 0.25) is 5.02 Å². The Kier molecular flexibility index (Phi) is 8.94. The predicted molar refractivity (Wildman–Crippen MR) is 140 cm³/mol. The van der Waals surface area contributed by atoms with E-state index in [0.29, 0.717) is 42.8 Å². The number of ether oxygens (including phenoxy) is 2. The number of carbonyl (C=O) groups is 2. The van der Waals surface area contributed by atoms with Gasteiger partial charge in [-0.1, -0.05) is 35.9 Å². The van der Waals surface area contributed by atoms with Crippen molar-refractivity contribution in [3.8, 4) is 5.75 Å². The van der Waals surface area contributed by atoms with Crippen LogP contribution in [0, 0.1) is 5.92 Å². The van der Waals surface area contributed by atoms with Gasteiger partial charge in [-0.15, -0.1) is 11.6 Å². The normalized spacial score (nSPS) is 22.2. The molecule has 0 bridgehead atoms. The second kappa shape index (κ2) is 12.1. The first kappa shape index (κ1) is 26.5. The van der Waals surface area contributed by atoms with Gasteiger partial charge in [-0.25, -0.2) is 4.79 Å². The first-order valence-corrected chi connectivity index (χ1v) is 13.2. The van der Waals surface area contributed by atoms with E-state index >= 15 is 0 Å². The molecule has 1 N–H and O–H groups in total. The zero-order valence-electron chi connectivity index (χ0n) is 20.3. The summed E-state index contributed by atoms with van der Waals surface area (Å²) in [5.41, 5.74) is 2.40. The predicted octanol–water partition coefficient (Wildman–Crippen LogP) is 5.67. The summed E-state index contributed by atoms with van der Waals surface area (Å²) in [5.74, 6) is -1.04. The minimum atomic E-state index is -1.02. The molecule has 0 spiro atoms. The lowest BCUT2D eigenvalue weighted by molar-refractivity contribution is -0.139. The van der Waals surface area contributed by atoms with E-state index in [9.17, 15) is 14.7 Å². The Morgan fingerprint density at radius 3 is 2.50 bits per heavy atom. The molecular formula is C28H31Cl2NO5. The number of hydrogen-bond acceptors (Lipinski definition) is 4. The molecule has 192 valence electrons. The van der Waals surface area contributed by atoms with Crippen LogP contribution in [0.1, 0.15) is 43.2 Å². The van der Waals surface area contributed by atoms with E-state index < -0.39 is 17.8 Å². The summed E-state index contributed by atoms with van der Waals surface area (Å²) in [4.78, 5) is 28.2. The zero-order chi connectivity index (χ0) is 25.7. The van der Waals surface area contributed by atoms with Gasteiger partial charge < -0.3 is 19.5 Å². The van der Waals surface area contributed by atoms with Gasteiger partial charge in [0.25, 0.3) is 0 Å². The van der Waals surface area contributed by atoms with Crippen molar-refractivity contribution in [2.45, 2.75) is 44.6 Å². The molecule has 0 aliphatic carbocycles. The summed E-state index contributed by atoms with van der Waals surface area (Å²) in [6.07, 6.45) is 2.86. The fourth-order valence-corrected chi connectivity index (χ4v) is 5.32. The molecule has 8 heteroatoms. The van der Waals surface area contributed by atoms with Crippen molar-refractivity contribution in [2.24, 2.45) is 5.92 Å². The lowest BCUT2D eigenvalue weighted by Crippen LogP contribution is -2.47. The highest BCUT2D eigenvalue weighted by atomic mass is 35.5. The van der Waals surface area contributed by atoms with Crippen LogP contribution in [-0.2, 0) is 20.7 Å². The number of alkyl halides is 1. The van der Waals surface area contributed by atoms with Crippen LogP contribution in [-0.4, -0.2) is 53.6 Å². The number of carboxylic acids is 1. The number of halogens is 2. The highest BCUT2D eigenvalue weighted by molar-refractivity contribution is 6.30. The van der Waals surface area contributed by atoms with Crippen molar-refractivity contribution in [1.82, 2.24) is 4.90 Å². The maximum Gasteiger partial charge on any atom is 0.333 e. The van der Waals surface area contributed by atoms with E-state index in [0.717, 1.165) is 36.1 Å². The number of allylic oxidation sites excluding steroid dienone is 1. The number of rotatable bonds is 10. The van der Waals surface area contributed by atoms with Crippen molar-refractivity contribution in [3.05, 3.63) is 76.0 Å². The van der Waals surface area contributed by atoms with Gasteiger partial charge >= 0.3 is 5.97 Å². The van der Waals surface area contributed by atoms with Gasteiger partial charge in [0.05, 0.1) is 30.7 Å². The average molecular weight is 532 g/mol. The molecule has 2 aromatic rings. The standard InChI is InChI=1S/C28H31Cl2NO5/c1-18-25(28(33)34)26(20-7-9-21(30)10-8-20)24(27(32)31(18)17-23-4-2-14-36-23)16-19-5-11-22(12-6-19)35-15-3-13-29/h5-12,23-24,26H,2-4,13-17H2,1H3,(H,33,34)/t23-,24?,26-/m1/s1. The van der Waals surface area contributed by atoms with Gasteiger partial charge in [-0.2, -0.15) is 0 Å². The second-order valence-corrected chi connectivity index (χ2v) is 10.1. The average Bonchev–Trinajstić information content (AvgIpc) is 3.38. The van der Waals surface area contributed by atoms with Gasteiger partial charge in [-0.05, 0) is 68.0 Å². The number of carboxylic acid groups (broad SMARTS) is 1. The Hall–Kier alpha value is -2.54. The third-order valence-electron chi connectivity index (χ3n) is 6.89. The molecule has 1 unspecified atom stereocenters. The van der Waals surface area contributed by atoms with Crippen LogP contribution in [0.15, 0.2) is 59.8 Å². The molecule has 1 fully saturated rings. The van der Waals surface area contributed by atoms with Gasteiger partial charge in [0, 0.05) is 29.1 Å². The van der Waals surface area contributed by atoms with Crippen LogP contribution in [0.3, 0.4) is 0 Å². The fourth-order valence-electron chi connectivity index (χ4n) is 5.08. The molecule has 2 aliphatic heterocycles. The van der Waals surface area contributed by atoms with Crippen LogP contribution >= 0.6 is 23.2 Å². The molecule has 4 rings (SSSR count). The fraction of sp³-hybridized carbons (Fsp3) is 0.429. The highest BCUT2D eigenvalue weighted by Gasteiger charge is 2.44. The molecule has 2 aliphatic rings.